The summed E-state index contributed by atoms with van der Waals surface area (Å²) in [4.78, 5) is 28.0. The highest BCUT2D eigenvalue weighted by molar-refractivity contribution is 5.87. The molecule has 1 aromatic heterocycles. The zero-order chi connectivity index (χ0) is 20.5. The number of allylic oxidation sites excluding steroid dienone is 2. The number of aromatic nitrogens is 2. The third-order valence-corrected chi connectivity index (χ3v) is 4.92. The Hall–Kier alpha value is -2.90. The molecular formula is C20H19F3N2O3. The molecule has 28 heavy (non-hydrogen) atoms. The van der Waals surface area contributed by atoms with Crippen molar-refractivity contribution in [3.8, 4) is 0 Å². The molecule has 0 aliphatic heterocycles. The third kappa shape index (κ3) is 4.32. The summed E-state index contributed by atoms with van der Waals surface area (Å²) in [6.07, 6.45) is -2.59. The van der Waals surface area contributed by atoms with Crippen molar-refractivity contribution < 1.29 is 23.1 Å². The average molecular weight is 392 g/mol. The summed E-state index contributed by atoms with van der Waals surface area (Å²) in [6, 6.07) is 7.60. The SMILES string of the molecule is Cc1nc(C2=CCC(C(F)(F)F)CC2)cc(=O)n1Cc1cccc(C(=O)O)c1. The Morgan fingerprint density at radius 1 is 1.32 bits per heavy atom. The maximum atomic E-state index is 12.8. The molecule has 1 aliphatic carbocycles. The molecule has 0 amide bonds. The molecule has 1 atom stereocenters. The summed E-state index contributed by atoms with van der Waals surface area (Å²) in [6.45, 7) is 1.81. The first kappa shape index (κ1) is 19.9. The molecule has 148 valence electrons. The minimum Gasteiger partial charge on any atom is -0.478 e. The van der Waals surface area contributed by atoms with Gasteiger partial charge in [-0.05, 0) is 49.5 Å². The Morgan fingerprint density at radius 2 is 2.07 bits per heavy atom. The Kier molecular flexibility index (Phi) is 5.40. The van der Waals surface area contributed by atoms with Gasteiger partial charge in [-0.15, -0.1) is 0 Å². The highest BCUT2D eigenvalue weighted by Gasteiger charge is 2.39. The molecule has 0 bridgehead atoms. The highest BCUT2D eigenvalue weighted by atomic mass is 19.4. The zero-order valence-corrected chi connectivity index (χ0v) is 15.2. The smallest absolute Gasteiger partial charge is 0.392 e. The number of carbonyl (C=O) groups is 1. The van der Waals surface area contributed by atoms with Gasteiger partial charge >= 0.3 is 12.1 Å². The molecule has 5 nitrogen and oxygen atoms in total. The number of hydrogen-bond acceptors (Lipinski definition) is 3. The molecule has 1 N–H and O–H groups in total. The fourth-order valence-electron chi connectivity index (χ4n) is 3.33. The molecule has 8 heteroatoms. The zero-order valence-electron chi connectivity index (χ0n) is 15.2. The van der Waals surface area contributed by atoms with Gasteiger partial charge in [0.25, 0.3) is 5.56 Å². The number of nitrogens with zero attached hydrogens (tertiary/aromatic N) is 2. The van der Waals surface area contributed by atoms with E-state index in [1.807, 2.05) is 0 Å². The number of alkyl halides is 3. The second-order valence-corrected chi connectivity index (χ2v) is 6.86. The Balaban J connectivity index is 1.84. The standard InChI is InChI=1S/C20H19F3N2O3/c1-12-24-17(14-5-7-16(8-6-14)20(21,22)23)10-18(26)25(12)11-13-3-2-4-15(9-13)19(27)28/h2-5,9-10,16H,6-8,11H2,1H3,(H,27,28). The summed E-state index contributed by atoms with van der Waals surface area (Å²) in [5.74, 6) is -1.98. The monoisotopic (exact) mass is 392 g/mol. The molecule has 0 fully saturated rings. The van der Waals surface area contributed by atoms with Gasteiger partial charge < -0.3 is 5.11 Å². The molecule has 1 aliphatic rings. The number of carboxylic acids is 1. The van der Waals surface area contributed by atoms with E-state index in [4.69, 9.17) is 5.11 Å². The lowest BCUT2D eigenvalue weighted by Gasteiger charge is -2.24. The fraction of sp³-hybridized carbons (Fsp3) is 0.350. The van der Waals surface area contributed by atoms with E-state index in [1.165, 1.54) is 28.8 Å². The first-order chi connectivity index (χ1) is 13.1. The van der Waals surface area contributed by atoms with Crippen molar-refractivity contribution in [1.29, 1.82) is 0 Å². The van der Waals surface area contributed by atoms with Gasteiger partial charge in [0.15, 0.2) is 0 Å². The van der Waals surface area contributed by atoms with E-state index in [-0.39, 0.29) is 36.9 Å². The van der Waals surface area contributed by atoms with Crippen LogP contribution in [0.2, 0.25) is 0 Å². The van der Waals surface area contributed by atoms with Crippen molar-refractivity contribution >= 4 is 11.5 Å². The van der Waals surface area contributed by atoms with Crippen molar-refractivity contribution in [3.05, 3.63) is 69.4 Å². The minimum atomic E-state index is -4.21. The van der Waals surface area contributed by atoms with Crippen LogP contribution in [-0.4, -0.2) is 26.8 Å². The summed E-state index contributed by atoms with van der Waals surface area (Å²) < 4.78 is 39.8. The number of rotatable bonds is 4. The summed E-state index contributed by atoms with van der Waals surface area (Å²) in [5, 5.41) is 9.08. The molecule has 0 spiro atoms. The van der Waals surface area contributed by atoms with Crippen molar-refractivity contribution in [2.75, 3.05) is 0 Å². The second kappa shape index (κ2) is 7.61. The molecular weight excluding hydrogens is 373 g/mol. The Morgan fingerprint density at radius 3 is 2.64 bits per heavy atom. The van der Waals surface area contributed by atoms with Gasteiger partial charge in [0.1, 0.15) is 5.82 Å². The normalized spacial score (nSPS) is 17.3. The quantitative estimate of drug-likeness (QED) is 0.852. The van der Waals surface area contributed by atoms with E-state index in [1.54, 1.807) is 19.1 Å². The second-order valence-electron chi connectivity index (χ2n) is 6.86. The van der Waals surface area contributed by atoms with Crippen LogP contribution in [0.15, 0.2) is 41.2 Å². The predicted octanol–water partition coefficient (Wildman–Crippen LogP) is 4.04. The van der Waals surface area contributed by atoms with Crippen LogP contribution in [0.4, 0.5) is 13.2 Å². The minimum absolute atomic E-state index is 0.0128. The van der Waals surface area contributed by atoms with E-state index in [9.17, 15) is 22.8 Å². The van der Waals surface area contributed by atoms with Crippen LogP contribution in [0.1, 0.15) is 46.7 Å². The maximum absolute atomic E-state index is 12.8. The molecule has 3 rings (SSSR count). The third-order valence-electron chi connectivity index (χ3n) is 4.92. The number of hydrogen-bond donors (Lipinski definition) is 1. The summed E-state index contributed by atoms with van der Waals surface area (Å²) in [7, 11) is 0. The lowest BCUT2D eigenvalue weighted by molar-refractivity contribution is -0.175. The van der Waals surface area contributed by atoms with Gasteiger partial charge in [0.05, 0.1) is 23.7 Å². The summed E-state index contributed by atoms with van der Waals surface area (Å²) in [5.41, 5.74) is 1.49. The predicted molar refractivity (Wildman–Crippen MR) is 97.1 cm³/mol. The molecule has 2 aromatic rings. The largest absolute Gasteiger partial charge is 0.478 e. The van der Waals surface area contributed by atoms with E-state index < -0.39 is 18.1 Å². The van der Waals surface area contributed by atoms with Crippen LogP contribution >= 0.6 is 0 Å². The van der Waals surface area contributed by atoms with Gasteiger partial charge in [-0.2, -0.15) is 13.2 Å². The number of aromatic carboxylic acids is 1. The number of benzene rings is 1. The molecule has 1 heterocycles. The van der Waals surface area contributed by atoms with Crippen LogP contribution in [0, 0.1) is 12.8 Å². The first-order valence-electron chi connectivity index (χ1n) is 8.82. The average Bonchev–Trinajstić information content (AvgIpc) is 2.64. The Bertz CT molecular complexity index is 993. The van der Waals surface area contributed by atoms with E-state index in [2.05, 4.69) is 4.98 Å². The van der Waals surface area contributed by atoms with Crippen LogP contribution in [0.5, 0.6) is 0 Å². The van der Waals surface area contributed by atoms with Crippen molar-refractivity contribution in [1.82, 2.24) is 9.55 Å². The topological polar surface area (TPSA) is 72.2 Å². The van der Waals surface area contributed by atoms with Crippen LogP contribution in [0.3, 0.4) is 0 Å². The van der Waals surface area contributed by atoms with Crippen LogP contribution in [0.25, 0.3) is 5.57 Å². The molecule has 1 unspecified atom stereocenters. The van der Waals surface area contributed by atoms with Gasteiger partial charge in [-0.25, -0.2) is 9.78 Å². The van der Waals surface area contributed by atoms with Crippen molar-refractivity contribution in [2.45, 2.75) is 38.9 Å². The first-order valence-corrected chi connectivity index (χ1v) is 8.82. The lowest BCUT2D eigenvalue weighted by Crippen LogP contribution is -2.26. The number of carboxylic acid groups (broad SMARTS) is 1. The van der Waals surface area contributed by atoms with Gasteiger partial charge in [-0.3, -0.25) is 9.36 Å². The molecule has 1 aromatic carbocycles. The van der Waals surface area contributed by atoms with E-state index in [0.717, 1.165) is 0 Å². The van der Waals surface area contributed by atoms with Crippen molar-refractivity contribution in [2.24, 2.45) is 5.92 Å². The molecule has 0 saturated carbocycles. The van der Waals surface area contributed by atoms with Gasteiger partial charge in [0.2, 0.25) is 0 Å². The van der Waals surface area contributed by atoms with Crippen molar-refractivity contribution in [3.63, 3.8) is 0 Å². The fourth-order valence-corrected chi connectivity index (χ4v) is 3.33. The maximum Gasteiger partial charge on any atom is 0.392 e. The highest BCUT2D eigenvalue weighted by Crippen LogP contribution is 2.38. The van der Waals surface area contributed by atoms with Gasteiger partial charge in [-0.1, -0.05) is 18.2 Å². The van der Waals surface area contributed by atoms with Crippen LogP contribution < -0.4 is 5.56 Å². The number of halogens is 3. The summed E-state index contributed by atoms with van der Waals surface area (Å²) >= 11 is 0. The van der Waals surface area contributed by atoms with Gasteiger partial charge in [0, 0.05) is 6.07 Å². The number of aryl methyl sites for hydroxylation is 1. The Labute approximate surface area is 159 Å². The van der Waals surface area contributed by atoms with E-state index in [0.29, 0.717) is 22.7 Å². The van der Waals surface area contributed by atoms with E-state index >= 15 is 0 Å². The molecule has 0 radical (unpaired) electrons. The van der Waals surface area contributed by atoms with Crippen LogP contribution in [-0.2, 0) is 6.54 Å². The lowest BCUT2D eigenvalue weighted by atomic mass is 9.88. The molecule has 0 saturated heterocycles.